The van der Waals surface area contributed by atoms with E-state index >= 15 is 0 Å². The summed E-state index contributed by atoms with van der Waals surface area (Å²) in [5.41, 5.74) is 3.95. The number of benzene rings is 3. The molecule has 0 fully saturated rings. The van der Waals surface area contributed by atoms with Crippen LogP contribution in [0, 0.1) is 11.7 Å². The Bertz CT molecular complexity index is 1240. The maximum atomic E-state index is 14.0. The molecule has 1 atom stereocenters. The molecule has 1 aliphatic carbocycles. The lowest BCUT2D eigenvalue weighted by Gasteiger charge is -2.22. The Morgan fingerprint density at radius 3 is 2.11 bits per heavy atom. The summed E-state index contributed by atoms with van der Waals surface area (Å²) in [6.07, 6.45) is -0.742. The van der Waals surface area contributed by atoms with Gasteiger partial charge in [0.15, 0.2) is 0 Å². The monoisotopic (exact) mass is 476 g/mol. The van der Waals surface area contributed by atoms with Crippen LogP contribution in [0.2, 0.25) is 0 Å². The van der Waals surface area contributed by atoms with Gasteiger partial charge in [-0.15, -0.1) is 0 Å². The molecule has 0 saturated heterocycles. The molecule has 0 aromatic heterocycles. The molecule has 2 amide bonds. The lowest BCUT2D eigenvalue weighted by Crippen LogP contribution is -2.47. The number of fused-ring (bicyclic) bond motifs is 3. The second-order valence-electron chi connectivity index (χ2n) is 8.68. The zero-order valence-electron chi connectivity index (χ0n) is 19.2. The molecule has 3 N–H and O–H groups in total. The van der Waals surface area contributed by atoms with Crippen molar-refractivity contribution in [1.82, 2.24) is 5.32 Å². The molecule has 0 spiro atoms. The minimum absolute atomic E-state index is 0.0810. The molecule has 0 saturated carbocycles. The molecule has 0 unspecified atom stereocenters. The van der Waals surface area contributed by atoms with E-state index in [0.717, 1.165) is 34.4 Å². The number of ether oxygens (including phenoxy) is 1. The van der Waals surface area contributed by atoms with E-state index in [1.807, 2.05) is 48.5 Å². The minimum atomic E-state index is -1.41. The highest BCUT2D eigenvalue weighted by Crippen LogP contribution is 2.44. The molecule has 3 aromatic carbocycles. The zero-order valence-corrected chi connectivity index (χ0v) is 19.2. The molecule has 1 aliphatic rings. The number of hydrogen-bond donors (Lipinski definition) is 3. The molecular weight excluding hydrogens is 451 g/mol. The molecule has 8 heteroatoms. The van der Waals surface area contributed by atoms with Gasteiger partial charge in [0.25, 0.3) is 0 Å². The summed E-state index contributed by atoms with van der Waals surface area (Å²) in [4.78, 5) is 36.4. The van der Waals surface area contributed by atoms with Gasteiger partial charge < -0.3 is 20.5 Å². The van der Waals surface area contributed by atoms with Crippen LogP contribution in [0.4, 0.5) is 14.9 Å². The molecule has 35 heavy (non-hydrogen) atoms. The van der Waals surface area contributed by atoms with E-state index in [9.17, 15) is 18.8 Å². The second kappa shape index (κ2) is 9.97. The quantitative estimate of drug-likeness (QED) is 0.444. The Hall–Kier alpha value is -4.20. The SMILES string of the molecule is CC(C)[C@@H](NC(=O)OCC1c2ccccc2-c2ccccc21)C(=O)Nc1ccc(C(=O)O)c(F)c1. The number of nitrogens with one attached hydrogen (secondary N) is 2. The summed E-state index contributed by atoms with van der Waals surface area (Å²) in [7, 11) is 0. The number of carboxylic acids is 1. The van der Waals surface area contributed by atoms with E-state index in [1.54, 1.807) is 13.8 Å². The number of amides is 2. The molecule has 3 aromatic rings. The van der Waals surface area contributed by atoms with Gasteiger partial charge in [0.05, 0.1) is 5.56 Å². The van der Waals surface area contributed by atoms with Crippen LogP contribution in [0.1, 0.15) is 41.3 Å². The highest BCUT2D eigenvalue weighted by atomic mass is 19.1. The number of hydrogen-bond acceptors (Lipinski definition) is 4. The Morgan fingerprint density at radius 1 is 0.971 bits per heavy atom. The molecule has 180 valence electrons. The first-order chi connectivity index (χ1) is 16.8. The average molecular weight is 477 g/mol. The predicted molar refractivity (Wildman–Crippen MR) is 129 cm³/mol. The van der Waals surface area contributed by atoms with E-state index < -0.39 is 35.4 Å². The lowest BCUT2D eigenvalue weighted by molar-refractivity contribution is -0.119. The zero-order chi connectivity index (χ0) is 25.1. The van der Waals surface area contributed by atoms with E-state index in [2.05, 4.69) is 10.6 Å². The molecular formula is C27H25FN2O5. The van der Waals surface area contributed by atoms with Crippen LogP contribution in [-0.2, 0) is 9.53 Å². The first-order valence-corrected chi connectivity index (χ1v) is 11.2. The van der Waals surface area contributed by atoms with Gasteiger partial charge in [-0.2, -0.15) is 0 Å². The van der Waals surface area contributed by atoms with Crippen LogP contribution in [-0.4, -0.2) is 35.7 Å². The van der Waals surface area contributed by atoms with Crippen LogP contribution >= 0.6 is 0 Å². The van der Waals surface area contributed by atoms with Gasteiger partial charge >= 0.3 is 12.1 Å². The largest absolute Gasteiger partial charge is 0.478 e. The number of anilines is 1. The van der Waals surface area contributed by atoms with Gasteiger partial charge in [-0.3, -0.25) is 4.79 Å². The number of rotatable bonds is 7. The van der Waals surface area contributed by atoms with Gasteiger partial charge in [-0.1, -0.05) is 62.4 Å². The van der Waals surface area contributed by atoms with Gasteiger partial charge in [0.1, 0.15) is 18.5 Å². The smallest absolute Gasteiger partial charge is 0.407 e. The topological polar surface area (TPSA) is 105 Å². The van der Waals surface area contributed by atoms with E-state index in [-0.39, 0.29) is 24.1 Å². The average Bonchev–Trinajstić information content (AvgIpc) is 3.14. The van der Waals surface area contributed by atoms with Crippen molar-refractivity contribution >= 4 is 23.7 Å². The molecule has 4 rings (SSSR count). The standard InChI is InChI=1S/C27H25FN2O5/c1-15(2)24(25(31)29-16-11-12-21(26(32)33)23(28)13-16)30-27(34)35-14-22-19-9-5-3-7-17(19)18-8-4-6-10-20(18)22/h3-13,15,22,24H,14H2,1-2H3,(H,29,31)(H,30,34)(H,32,33)/t24-/m1/s1. The third-order valence-corrected chi connectivity index (χ3v) is 6.03. The summed E-state index contributed by atoms with van der Waals surface area (Å²) in [6, 6.07) is 18.3. The van der Waals surface area contributed by atoms with Gasteiger partial charge in [-0.25, -0.2) is 14.0 Å². The number of aromatic carboxylic acids is 1. The van der Waals surface area contributed by atoms with Crippen LogP contribution in [0.15, 0.2) is 66.7 Å². The number of alkyl carbamates (subject to hydrolysis) is 1. The van der Waals surface area contributed by atoms with Gasteiger partial charge in [0.2, 0.25) is 5.91 Å². The van der Waals surface area contributed by atoms with Crippen molar-refractivity contribution in [2.75, 3.05) is 11.9 Å². The fourth-order valence-corrected chi connectivity index (χ4v) is 4.29. The maximum absolute atomic E-state index is 14.0. The van der Waals surface area contributed by atoms with Crippen LogP contribution in [0.3, 0.4) is 0 Å². The first kappa shape index (κ1) is 23.9. The van der Waals surface area contributed by atoms with Crippen LogP contribution in [0.25, 0.3) is 11.1 Å². The third kappa shape index (κ3) is 5.01. The lowest BCUT2D eigenvalue weighted by atomic mass is 9.98. The third-order valence-electron chi connectivity index (χ3n) is 6.03. The van der Waals surface area contributed by atoms with Crippen molar-refractivity contribution in [3.63, 3.8) is 0 Å². The highest BCUT2D eigenvalue weighted by Gasteiger charge is 2.30. The summed E-state index contributed by atoms with van der Waals surface area (Å²) in [6.45, 7) is 3.61. The van der Waals surface area contributed by atoms with Crippen molar-refractivity contribution in [2.24, 2.45) is 5.92 Å². The van der Waals surface area contributed by atoms with E-state index in [1.165, 1.54) is 6.07 Å². The van der Waals surface area contributed by atoms with Crippen molar-refractivity contribution in [3.05, 3.63) is 89.2 Å². The fraction of sp³-hybridized carbons (Fsp3) is 0.222. The Morgan fingerprint density at radius 2 is 1.57 bits per heavy atom. The van der Waals surface area contributed by atoms with Crippen molar-refractivity contribution in [2.45, 2.75) is 25.8 Å². The normalized spacial score (nSPS) is 13.0. The first-order valence-electron chi connectivity index (χ1n) is 11.2. The maximum Gasteiger partial charge on any atom is 0.407 e. The minimum Gasteiger partial charge on any atom is -0.478 e. The number of halogens is 1. The summed E-state index contributed by atoms with van der Waals surface area (Å²) >= 11 is 0. The highest BCUT2D eigenvalue weighted by molar-refractivity contribution is 5.97. The predicted octanol–water partition coefficient (Wildman–Crippen LogP) is 5.03. The molecule has 0 aliphatic heterocycles. The summed E-state index contributed by atoms with van der Waals surface area (Å²) in [5.74, 6) is -3.36. The van der Waals surface area contributed by atoms with Gasteiger partial charge in [0, 0.05) is 11.6 Å². The van der Waals surface area contributed by atoms with E-state index in [4.69, 9.17) is 9.84 Å². The Labute approximate surface area is 201 Å². The summed E-state index contributed by atoms with van der Waals surface area (Å²) < 4.78 is 19.5. The molecule has 0 radical (unpaired) electrons. The van der Waals surface area contributed by atoms with E-state index in [0.29, 0.717) is 0 Å². The Kier molecular flexibility index (Phi) is 6.82. The number of carboxylic acid groups (broad SMARTS) is 1. The van der Waals surface area contributed by atoms with Crippen LogP contribution in [0.5, 0.6) is 0 Å². The van der Waals surface area contributed by atoms with Crippen molar-refractivity contribution < 1.29 is 28.6 Å². The van der Waals surface area contributed by atoms with Crippen molar-refractivity contribution in [3.8, 4) is 11.1 Å². The number of carbonyl (C=O) groups is 3. The second-order valence-corrected chi connectivity index (χ2v) is 8.68. The van der Waals surface area contributed by atoms with Crippen molar-refractivity contribution in [1.29, 1.82) is 0 Å². The molecule has 0 heterocycles. The Balaban J connectivity index is 1.41. The summed E-state index contributed by atoms with van der Waals surface area (Å²) in [5, 5.41) is 14.1. The number of carbonyl (C=O) groups excluding carboxylic acids is 2. The fourth-order valence-electron chi connectivity index (χ4n) is 4.29. The molecule has 7 nitrogen and oxygen atoms in total. The van der Waals surface area contributed by atoms with Crippen LogP contribution < -0.4 is 10.6 Å². The van der Waals surface area contributed by atoms with Gasteiger partial charge in [-0.05, 0) is 46.4 Å². The molecule has 0 bridgehead atoms.